The Morgan fingerprint density at radius 2 is 2.07 bits per heavy atom. The van der Waals surface area contributed by atoms with Crippen LogP contribution >= 0.6 is 12.2 Å². The number of benzene rings is 1. The smallest absolute Gasteiger partial charge is 0.168 e. The predicted molar refractivity (Wildman–Crippen MR) is 67.3 cm³/mol. The van der Waals surface area contributed by atoms with Gasteiger partial charge in [-0.2, -0.15) is 0 Å². The number of phenolic OH excluding ortho intramolecular Hbond substituents is 1. The van der Waals surface area contributed by atoms with E-state index >= 15 is 0 Å². The van der Waals surface area contributed by atoms with Gasteiger partial charge in [-0.15, -0.1) is 0 Å². The molecule has 0 spiro atoms. The van der Waals surface area contributed by atoms with Gasteiger partial charge >= 0.3 is 0 Å². The highest BCUT2D eigenvalue weighted by Gasteiger charge is 2.09. The minimum Gasteiger partial charge on any atom is -0.508 e. The molecule has 0 amide bonds. The van der Waals surface area contributed by atoms with Gasteiger partial charge in [-0.25, -0.2) is 0 Å². The summed E-state index contributed by atoms with van der Waals surface area (Å²) in [4.78, 5) is 0. The number of rotatable bonds is 2. The summed E-state index contributed by atoms with van der Waals surface area (Å²) in [5.74, 6) is 0.577. The lowest BCUT2D eigenvalue weighted by atomic mass is 9.99. The van der Waals surface area contributed by atoms with Gasteiger partial charge < -0.3 is 16.2 Å². The van der Waals surface area contributed by atoms with Crippen LogP contribution < -0.4 is 11.1 Å². The Hall–Kier alpha value is -1.29. The first-order valence-electron chi connectivity index (χ1n) is 4.81. The monoisotopic (exact) mass is 224 g/mol. The fourth-order valence-corrected chi connectivity index (χ4v) is 1.55. The van der Waals surface area contributed by atoms with Crippen LogP contribution in [0.25, 0.3) is 0 Å². The van der Waals surface area contributed by atoms with Crippen molar-refractivity contribution in [3.63, 3.8) is 0 Å². The molecule has 4 heteroatoms. The molecule has 0 saturated heterocycles. The highest BCUT2D eigenvalue weighted by Crippen LogP contribution is 2.30. The molecule has 1 aromatic carbocycles. The number of nitrogens with two attached hydrogens (primary N) is 1. The number of phenols is 1. The Morgan fingerprint density at radius 3 is 2.53 bits per heavy atom. The number of aryl methyl sites for hydroxylation is 1. The van der Waals surface area contributed by atoms with Gasteiger partial charge in [0.25, 0.3) is 0 Å². The van der Waals surface area contributed by atoms with Crippen LogP contribution in [0.4, 0.5) is 5.69 Å². The van der Waals surface area contributed by atoms with Gasteiger partial charge in [0.15, 0.2) is 5.11 Å². The molecule has 0 aromatic heterocycles. The normalized spacial score (nSPS) is 10.4. The molecule has 1 rings (SSSR count). The van der Waals surface area contributed by atoms with E-state index in [0.717, 1.165) is 16.8 Å². The Balaban J connectivity index is 3.17. The summed E-state index contributed by atoms with van der Waals surface area (Å²) in [7, 11) is 0. The zero-order chi connectivity index (χ0) is 11.6. The highest BCUT2D eigenvalue weighted by molar-refractivity contribution is 7.80. The molecule has 3 nitrogen and oxygen atoms in total. The molecule has 0 fully saturated rings. The van der Waals surface area contributed by atoms with E-state index in [1.54, 1.807) is 6.07 Å². The van der Waals surface area contributed by atoms with Gasteiger partial charge in [0.1, 0.15) is 5.75 Å². The summed E-state index contributed by atoms with van der Waals surface area (Å²) in [5.41, 5.74) is 8.08. The molecule has 0 radical (unpaired) electrons. The third kappa shape index (κ3) is 2.83. The number of anilines is 1. The maximum absolute atomic E-state index is 9.73. The van der Waals surface area contributed by atoms with Crippen LogP contribution in [0.15, 0.2) is 12.1 Å². The SMILES string of the molecule is Cc1cc(O)c(C(C)C)cc1NC(N)=S. The van der Waals surface area contributed by atoms with E-state index < -0.39 is 0 Å². The third-order valence-electron chi connectivity index (χ3n) is 2.25. The van der Waals surface area contributed by atoms with Crippen LogP contribution in [0.1, 0.15) is 30.9 Å². The number of hydrogen-bond acceptors (Lipinski definition) is 2. The molecule has 0 bridgehead atoms. The molecule has 0 saturated carbocycles. The molecule has 0 aliphatic heterocycles. The molecular formula is C11H16N2OS. The zero-order valence-electron chi connectivity index (χ0n) is 9.16. The van der Waals surface area contributed by atoms with Crippen molar-refractivity contribution in [3.8, 4) is 5.75 Å². The maximum atomic E-state index is 9.73. The van der Waals surface area contributed by atoms with Crippen LogP contribution in [-0.4, -0.2) is 10.2 Å². The lowest BCUT2D eigenvalue weighted by molar-refractivity contribution is 0.464. The first kappa shape index (κ1) is 11.8. The maximum Gasteiger partial charge on any atom is 0.168 e. The molecule has 82 valence electrons. The molecule has 0 unspecified atom stereocenters. The fraction of sp³-hybridized carbons (Fsp3) is 0.364. The summed E-state index contributed by atoms with van der Waals surface area (Å²) in [5, 5.41) is 12.9. The lowest BCUT2D eigenvalue weighted by Gasteiger charge is -2.14. The van der Waals surface area contributed by atoms with Crippen molar-refractivity contribution in [1.29, 1.82) is 0 Å². The van der Waals surface area contributed by atoms with Crippen molar-refractivity contribution in [2.75, 3.05) is 5.32 Å². The van der Waals surface area contributed by atoms with Crippen LogP contribution in [0, 0.1) is 6.92 Å². The topological polar surface area (TPSA) is 58.3 Å². The molecule has 1 aromatic rings. The van der Waals surface area contributed by atoms with E-state index in [4.69, 9.17) is 18.0 Å². The lowest BCUT2D eigenvalue weighted by Crippen LogP contribution is -2.19. The number of aromatic hydroxyl groups is 1. The van der Waals surface area contributed by atoms with Crippen LogP contribution in [0.2, 0.25) is 0 Å². The summed E-state index contributed by atoms with van der Waals surface area (Å²) in [6.45, 7) is 5.94. The average molecular weight is 224 g/mol. The van der Waals surface area contributed by atoms with Crippen molar-refractivity contribution >= 4 is 23.0 Å². The van der Waals surface area contributed by atoms with Crippen molar-refractivity contribution in [3.05, 3.63) is 23.3 Å². The fourth-order valence-electron chi connectivity index (χ4n) is 1.44. The third-order valence-corrected chi connectivity index (χ3v) is 2.36. The summed E-state index contributed by atoms with van der Waals surface area (Å²) >= 11 is 4.78. The van der Waals surface area contributed by atoms with Gasteiger partial charge in [0.2, 0.25) is 0 Å². The van der Waals surface area contributed by atoms with Crippen molar-refractivity contribution in [2.24, 2.45) is 5.73 Å². The number of nitrogens with one attached hydrogen (secondary N) is 1. The average Bonchev–Trinajstić information content (AvgIpc) is 2.08. The standard InChI is InChI=1S/C11H16N2OS/c1-6(2)8-5-9(13-11(12)15)7(3)4-10(8)14/h4-6,14H,1-3H3,(H3,12,13,15). The van der Waals surface area contributed by atoms with E-state index in [1.807, 2.05) is 26.8 Å². The molecule has 4 N–H and O–H groups in total. The summed E-state index contributed by atoms with van der Waals surface area (Å²) in [6, 6.07) is 3.60. The first-order valence-corrected chi connectivity index (χ1v) is 5.22. The van der Waals surface area contributed by atoms with Crippen LogP contribution in [0.3, 0.4) is 0 Å². The van der Waals surface area contributed by atoms with Crippen LogP contribution in [0.5, 0.6) is 5.75 Å². The predicted octanol–water partition coefficient (Wildman–Crippen LogP) is 2.48. The zero-order valence-corrected chi connectivity index (χ0v) is 9.98. The Bertz CT molecular complexity index is 388. The van der Waals surface area contributed by atoms with E-state index in [0.29, 0.717) is 5.75 Å². The molecule has 0 heterocycles. The van der Waals surface area contributed by atoms with E-state index in [2.05, 4.69) is 5.32 Å². The van der Waals surface area contributed by atoms with Gasteiger partial charge in [0.05, 0.1) is 0 Å². The van der Waals surface area contributed by atoms with E-state index in [-0.39, 0.29) is 11.0 Å². The van der Waals surface area contributed by atoms with Crippen molar-refractivity contribution < 1.29 is 5.11 Å². The number of hydrogen-bond donors (Lipinski definition) is 3. The molecule has 0 aliphatic rings. The molecule has 15 heavy (non-hydrogen) atoms. The van der Waals surface area contributed by atoms with Gasteiger partial charge in [-0.05, 0) is 48.3 Å². The van der Waals surface area contributed by atoms with E-state index in [9.17, 15) is 5.11 Å². The second-order valence-corrected chi connectivity index (χ2v) is 4.31. The van der Waals surface area contributed by atoms with Gasteiger partial charge in [0, 0.05) is 5.69 Å². The number of thiocarbonyl (C=S) groups is 1. The quantitative estimate of drug-likeness (QED) is 0.533. The minimum absolute atomic E-state index is 0.235. The second kappa shape index (κ2) is 4.49. The highest BCUT2D eigenvalue weighted by atomic mass is 32.1. The van der Waals surface area contributed by atoms with Gasteiger partial charge in [-0.1, -0.05) is 13.8 Å². The largest absolute Gasteiger partial charge is 0.508 e. The van der Waals surface area contributed by atoms with Crippen LogP contribution in [-0.2, 0) is 0 Å². The minimum atomic E-state index is 0.235. The first-order chi connectivity index (χ1) is 6.91. The molecular weight excluding hydrogens is 208 g/mol. The summed E-state index contributed by atoms with van der Waals surface area (Å²) < 4.78 is 0. The molecule has 0 atom stereocenters. The van der Waals surface area contributed by atoms with Crippen molar-refractivity contribution in [2.45, 2.75) is 26.7 Å². The van der Waals surface area contributed by atoms with E-state index in [1.165, 1.54) is 0 Å². The summed E-state index contributed by atoms with van der Waals surface area (Å²) in [6.07, 6.45) is 0. The Morgan fingerprint density at radius 1 is 1.47 bits per heavy atom. The van der Waals surface area contributed by atoms with Crippen molar-refractivity contribution in [1.82, 2.24) is 0 Å². The Labute approximate surface area is 95.3 Å². The second-order valence-electron chi connectivity index (χ2n) is 3.87. The molecule has 0 aliphatic carbocycles. The Kier molecular flexibility index (Phi) is 3.52. The van der Waals surface area contributed by atoms with Gasteiger partial charge in [-0.3, -0.25) is 0 Å².